The van der Waals surface area contributed by atoms with E-state index in [1.807, 2.05) is 32.0 Å². The minimum atomic E-state index is -0.201. The Labute approximate surface area is 124 Å². The SMILES string of the molecule is CCNc1ncccc1C(=O)Nc1cccc(OCC)c1. The minimum absolute atomic E-state index is 0.201. The largest absolute Gasteiger partial charge is 0.494 e. The van der Waals surface area contributed by atoms with Gasteiger partial charge >= 0.3 is 0 Å². The maximum absolute atomic E-state index is 12.3. The first-order valence-electron chi connectivity index (χ1n) is 6.97. The molecule has 0 radical (unpaired) electrons. The van der Waals surface area contributed by atoms with Crippen LogP contribution >= 0.6 is 0 Å². The molecule has 1 amide bonds. The van der Waals surface area contributed by atoms with E-state index in [9.17, 15) is 4.79 Å². The van der Waals surface area contributed by atoms with E-state index in [0.717, 1.165) is 5.75 Å². The Balaban J connectivity index is 2.16. The lowest BCUT2D eigenvalue weighted by atomic mass is 10.2. The number of ether oxygens (including phenoxy) is 1. The molecule has 0 aliphatic rings. The second-order valence-corrected chi connectivity index (χ2v) is 4.34. The number of carbonyl (C=O) groups excluding carboxylic acids is 1. The van der Waals surface area contributed by atoms with Crippen LogP contribution in [-0.4, -0.2) is 24.0 Å². The average molecular weight is 285 g/mol. The lowest BCUT2D eigenvalue weighted by Gasteiger charge is -2.11. The van der Waals surface area contributed by atoms with Gasteiger partial charge in [-0.05, 0) is 38.1 Å². The Morgan fingerprint density at radius 3 is 2.86 bits per heavy atom. The number of rotatable bonds is 6. The second kappa shape index (κ2) is 7.28. The highest BCUT2D eigenvalue weighted by atomic mass is 16.5. The highest BCUT2D eigenvalue weighted by Gasteiger charge is 2.12. The second-order valence-electron chi connectivity index (χ2n) is 4.34. The van der Waals surface area contributed by atoms with Gasteiger partial charge < -0.3 is 15.4 Å². The van der Waals surface area contributed by atoms with Gasteiger partial charge in [0.05, 0.1) is 12.2 Å². The van der Waals surface area contributed by atoms with Crippen LogP contribution in [0.25, 0.3) is 0 Å². The van der Waals surface area contributed by atoms with Crippen LogP contribution in [0.1, 0.15) is 24.2 Å². The summed E-state index contributed by atoms with van der Waals surface area (Å²) in [6, 6.07) is 10.8. The number of hydrogen-bond donors (Lipinski definition) is 2. The summed E-state index contributed by atoms with van der Waals surface area (Å²) < 4.78 is 5.42. The summed E-state index contributed by atoms with van der Waals surface area (Å²) in [6.45, 7) is 5.17. The van der Waals surface area contributed by atoms with Crippen molar-refractivity contribution in [1.29, 1.82) is 0 Å². The van der Waals surface area contributed by atoms with Crippen molar-refractivity contribution in [3.63, 3.8) is 0 Å². The van der Waals surface area contributed by atoms with E-state index in [2.05, 4.69) is 15.6 Å². The van der Waals surface area contributed by atoms with Crippen molar-refractivity contribution < 1.29 is 9.53 Å². The number of nitrogens with zero attached hydrogens (tertiary/aromatic N) is 1. The average Bonchev–Trinajstić information content (AvgIpc) is 2.49. The molecule has 2 aromatic rings. The molecule has 0 atom stereocenters. The van der Waals surface area contributed by atoms with Crippen molar-refractivity contribution in [2.75, 3.05) is 23.8 Å². The third-order valence-corrected chi connectivity index (χ3v) is 2.80. The van der Waals surface area contributed by atoms with Gasteiger partial charge in [0.25, 0.3) is 5.91 Å². The van der Waals surface area contributed by atoms with E-state index in [1.165, 1.54) is 0 Å². The zero-order valence-corrected chi connectivity index (χ0v) is 12.2. The first-order valence-corrected chi connectivity index (χ1v) is 6.97. The Bertz CT molecular complexity index is 614. The van der Waals surface area contributed by atoms with E-state index in [4.69, 9.17) is 4.74 Å². The van der Waals surface area contributed by atoms with Crippen LogP contribution in [0.4, 0.5) is 11.5 Å². The molecule has 2 rings (SSSR count). The van der Waals surface area contributed by atoms with Crippen molar-refractivity contribution in [2.24, 2.45) is 0 Å². The number of benzene rings is 1. The van der Waals surface area contributed by atoms with Crippen molar-refractivity contribution in [2.45, 2.75) is 13.8 Å². The molecule has 1 aromatic heterocycles. The van der Waals surface area contributed by atoms with Crippen molar-refractivity contribution in [1.82, 2.24) is 4.98 Å². The fraction of sp³-hybridized carbons (Fsp3) is 0.250. The summed E-state index contributed by atoms with van der Waals surface area (Å²) in [6.07, 6.45) is 1.66. The maximum Gasteiger partial charge on any atom is 0.259 e. The van der Waals surface area contributed by atoms with E-state index >= 15 is 0 Å². The highest BCUT2D eigenvalue weighted by molar-refractivity contribution is 6.07. The monoisotopic (exact) mass is 285 g/mol. The molecule has 0 fully saturated rings. The quantitative estimate of drug-likeness (QED) is 0.855. The Hall–Kier alpha value is -2.56. The number of anilines is 2. The number of nitrogens with one attached hydrogen (secondary N) is 2. The number of pyridine rings is 1. The predicted octanol–water partition coefficient (Wildman–Crippen LogP) is 3.16. The van der Waals surface area contributed by atoms with Gasteiger partial charge in [-0.2, -0.15) is 0 Å². The van der Waals surface area contributed by atoms with Crippen LogP contribution in [0.3, 0.4) is 0 Å². The molecule has 0 saturated carbocycles. The third kappa shape index (κ3) is 3.95. The lowest BCUT2D eigenvalue weighted by molar-refractivity contribution is 0.102. The molecule has 5 heteroatoms. The van der Waals surface area contributed by atoms with Crippen molar-refractivity contribution >= 4 is 17.4 Å². The van der Waals surface area contributed by atoms with Crippen LogP contribution in [0.5, 0.6) is 5.75 Å². The van der Waals surface area contributed by atoms with Gasteiger partial charge in [-0.25, -0.2) is 4.98 Å². The molecule has 0 aliphatic carbocycles. The molecule has 1 aromatic carbocycles. The van der Waals surface area contributed by atoms with E-state index in [0.29, 0.717) is 30.2 Å². The van der Waals surface area contributed by atoms with Crippen LogP contribution in [0.2, 0.25) is 0 Å². The molecule has 0 saturated heterocycles. The molecular weight excluding hydrogens is 266 g/mol. The summed E-state index contributed by atoms with van der Waals surface area (Å²) in [7, 11) is 0. The van der Waals surface area contributed by atoms with Gasteiger partial charge in [0.1, 0.15) is 11.6 Å². The fourth-order valence-electron chi connectivity index (χ4n) is 1.93. The first-order chi connectivity index (χ1) is 10.2. The third-order valence-electron chi connectivity index (χ3n) is 2.80. The van der Waals surface area contributed by atoms with E-state index < -0.39 is 0 Å². The molecule has 0 unspecified atom stereocenters. The van der Waals surface area contributed by atoms with E-state index in [1.54, 1.807) is 24.4 Å². The number of carbonyl (C=O) groups is 1. The summed E-state index contributed by atoms with van der Waals surface area (Å²) in [5.74, 6) is 1.11. The predicted molar refractivity (Wildman–Crippen MR) is 84.0 cm³/mol. The Morgan fingerprint density at radius 2 is 2.10 bits per heavy atom. The van der Waals surface area contributed by atoms with Gasteiger partial charge in [0.2, 0.25) is 0 Å². The van der Waals surface area contributed by atoms with Gasteiger partial charge in [0, 0.05) is 24.5 Å². The number of hydrogen-bond acceptors (Lipinski definition) is 4. The van der Waals surface area contributed by atoms with Crippen LogP contribution in [0.15, 0.2) is 42.6 Å². The first kappa shape index (κ1) is 14.8. The number of amides is 1. The molecule has 0 aliphatic heterocycles. The molecule has 0 spiro atoms. The fourth-order valence-corrected chi connectivity index (χ4v) is 1.93. The zero-order valence-electron chi connectivity index (χ0n) is 12.2. The van der Waals surface area contributed by atoms with Crippen LogP contribution in [-0.2, 0) is 0 Å². The van der Waals surface area contributed by atoms with Crippen molar-refractivity contribution in [3.05, 3.63) is 48.2 Å². The molecule has 21 heavy (non-hydrogen) atoms. The van der Waals surface area contributed by atoms with Gasteiger partial charge in [-0.3, -0.25) is 4.79 Å². The summed E-state index contributed by atoms with van der Waals surface area (Å²) in [5.41, 5.74) is 1.21. The Morgan fingerprint density at radius 1 is 1.24 bits per heavy atom. The molecule has 0 bridgehead atoms. The molecule has 1 heterocycles. The maximum atomic E-state index is 12.3. The minimum Gasteiger partial charge on any atom is -0.494 e. The highest BCUT2D eigenvalue weighted by Crippen LogP contribution is 2.19. The van der Waals surface area contributed by atoms with Crippen LogP contribution < -0.4 is 15.4 Å². The molecule has 110 valence electrons. The van der Waals surface area contributed by atoms with Gasteiger partial charge in [0.15, 0.2) is 0 Å². The Kier molecular flexibility index (Phi) is 5.15. The van der Waals surface area contributed by atoms with E-state index in [-0.39, 0.29) is 5.91 Å². The standard InChI is InChI=1S/C16H19N3O2/c1-3-17-15-14(9-6-10-18-15)16(20)19-12-7-5-8-13(11-12)21-4-2/h5-11H,3-4H2,1-2H3,(H,17,18)(H,19,20). The summed E-state index contributed by atoms with van der Waals surface area (Å²) >= 11 is 0. The van der Waals surface area contributed by atoms with Gasteiger partial charge in [-0.15, -0.1) is 0 Å². The molecule has 5 nitrogen and oxygen atoms in total. The zero-order chi connectivity index (χ0) is 15.1. The summed E-state index contributed by atoms with van der Waals surface area (Å²) in [5, 5.41) is 5.93. The number of aromatic nitrogens is 1. The lowest BCUT2D eigenvalue weighted by Crippen LogP contribution is -2.15. The molecular formula is C16H19N3O2. The molecule has 2 N–H and O–H groups in total. The summed E-state index contributed by atoms with van der Waals surface area (Å²) in [4.78, 5) is 16.5. The van der Waals surface area contributed by atoms with Gasteiger partial charge in [-0.1, -0.05) is 6.07 Å². The smallest absolute Gasteiger partial charge is 0.259 e. The van der Waals surface area contributed by atoms with Crippen LogP contribution in [0, 0.1) is 0 Å². The normalized spacial score (nSPS) is 10.0. The van der Waals surface area contributed by atoms with Crippen molar-refractivity contribution in [3.8, 4) is 5.75 Å². The topological polar surface area (TPSA) is 63.2 Å².